The van der Waals surface area contributed by atoms with Crippen LogP contribution in [0.4, 0.5) is 11.4 Å². The molecule has 1 aliphatic heterocycles. The SMILES string of the molecule is [C-]#[N+]c1ccc2[nH]cc(CCCCN3CCN(c4ccc(-n5ccc(C)cc5=O)cc4)CC3)c2c1. The van der Waals surface area contributed by atoms with E-state index >= 15 is 0 Å². The highest BCUT2D eigenvalue weighted by Crippen LogP contribution is 2.25. The summed E-state index contributed by atoms with van der Waals surface area (Å²) in [5, 5.41) is 1.19. The lowest BCUT2D eigenvalue weighted by atomic mass is 10.1. The lowest BCUT2D eigenvalue weighted by Gasteiger charge is -2.36. The van der Waals surface area contributed by atoms with Crippen LogP contribution in [0.15, 0.2) is 71.8 Å². The normalized spacial score (nSPS) is 14.3. The van der Waals surface area contributed by atoms with Crippen LogP contribution in [0, 0.1) is 13.5 Å². The highest BCUT2D eigenvalue weighted by molar-refractivity contribution is 5.86. The van der Waals surface area contributed by atoms with E-state index in [0.717, 1.165) is 62.3 Å². The van der Waals surface area contributed by atoms with Gasteiger partial charge in [0.05, 0.1) is 6.57 Å². The summed E-state index contributed by atoms with van der Waals surface area (Å²) in [4.78, 5) is 24.1. The number of nitrogens with zero attached hydrogens (tertiary/aromatic N) is 4. The third-order valence-corrected chi connectivity index (χ3v) is 6.99. The van der Waals surface area contributed by atoms with Crippen molar-refractivity contribution in [3.8, 4) is 5.69 Å². The average molecular weight is 466 g/mol. The zero-order valence-corrected chi connectivity index (χ0v) is 20.2. The molecule has 4 aromatic rings. The van der Waals surface area contributed by atoms with Crippen LogP contribution in [0.2, 0.25) is 0 Å². The van der Waals surface area contributed by atoms with Gasteiger partial charge >= 0.3 is 0 Å². The van der Waals surface area contributed by atoms with Crippen molar-refractivity contribution < 1.29 is 0 Å². The first-order valence-corrected chi connectivity index (χ1v) is 12.4. The highest BCUT2D eigenvalue weighted by Gasteiger charge is 2.17. The minimum atomic E-state index is 0.00387. The lowest BCUT2D eigenvalue weighted by Crippen LogP contribution is -2.46. The molecule has 6 nitrogen and oxygen atoms in total. The number of H-pyrrole nitrogens is 1. The molecule has 178 valence electrons. The maximum Gasteiger partial charge on any atom is 0.255 e. The molecule has 0 radical (unpaired) electrons. The third-order valence-electron chi connectivity index (χ3n) is 6.99. The molecule has 0 atom stereocenters. The van der Waals surface area contributed by atoms with Gasteiger partial charge in [0, 0.05) is 61.5 Å². The second-order valence-electron chi connectivity index (χ2n) is 9.37. The molecule has 0 amide bonds. The fourth-order valence-corrected chi connectivity index (χ4v) is 4.94. The molecule has 5 rings (SSSR count). The minimum absolute atomic E-state index is 0.00387. The molecule has 0 spiro atoms. The van der Waals surface area contributed by atoms with Gasteiger partial charge in [-0.25, -0.2) is 4.85 Å². The number of rotatable bonds is 7. The van der Waals surface area contributed by atoms with Gasteiger partial charge in [0.25, 0.3) is 5.56 Å². The zero-order valence-electron chi connectivity index (χ0n) is 20.2. The Morgan fingerprint density at radius 1 is 0.943 bits per heavy atom. The molecular formula is C29H31N5O. The summed E-state index contributed by atoms with van der Waals surface area (Å²) in [5.41, 5.74) is 6.23. The molecule has 2 aromatic heterocycles. The van der Waals surface area contributed by atoms with E-state index in [-0.39, 0.29) is 5.56 Å². The van der Waals surface area contributed by atoms with Crippen LogP contribution in [0.25, 0.3) is 21.4 Å². The van der Waals surface area contributed by atoms with Gasteiger partial charge in [0.1, 0.15) is 0 Å². The van der Waals surface area contributed by atoms with Gasteiger partial charge in [-0.15, -0.1) is 0 Å². The van der Waals surface area contributed by atoms with Gasteiger partial charge in [0.15, 0.2) is 5.69 Å². The summed E-state index contributed by atoms with van der Waals surface area (Å²) >= 11 is 0. The fraction of sp³-hybridized carbons (Fsp3) is 0.310. The second-order valence-corrected chi connectivity index (χ2v) is 9.37. The Labute approximate surface area is 206 Å². The molecule has 0 saturated carbocycles. The summed E-state index contributed by atoms with van der Waals surface area (Å²) in [7, 11) is 0. The van der Waals surface area contributed by atoms with Crippen LogP contribution in [-0.4, -0.2) is 47.2 Å². The predicted octanol–water partition coefficient (Wildman–Crippen LogP) is 5.32. The standard InChI is InChI=1S/C29H31N5O/c1-22-12-14-34(29(35)19-22)26-9-7-25(8-10-26)33-17-15-32(16-18-33)13-4-3-5-23-21-31-28-11-6-24(30-2)20-27(23)28/h6-12,14,19-21,31H,3-5,13,15-18H2,1H3. The van der Waals surface area contributed by atoms with E-state index in [1.807, 2.05) is 49.5 Å². The molecule has 0 bridgehead atoms. The summed E-state index contributed by atoms with van der Waals surface area (Å²) in [6.45, 7) is 14.5. The van der Waals surface area contributed by atoms with Crippen LogP contribution in [0.3, 0.4) is 0 Å². The average Bonchev–Trinajstić information content (AvgIpc) is 3.29. The van der Waals surface area contributed by atoms with Crippen molar-refractivity contribution in [2.75, 3.05) is 37.6 Å². The number of hydrogen-bond acceptors (Lipinski definition) is 3. The monoisotopic (exact) mass is 465 g/mol. The molecule has 2 aromatic carbocycles. The number of unbranched alkanes of at least 4 members (excludes halogenated alkanes) is 1. The number of fused-ring (bicyclic) bond motifs is 1. The molecular weight excluding hydrogens is 434 g/mol. The largest absolute Gasteiger partial charge is 0.369 e. The van der Waals surface area contributed by atoms with Crippen molar-refractivity contribution in [1.82, 2.24) is 14.5 Å². The number of nitrogens with one attached hydrogen (secondary N) is 1. The second kappa shape index (κ2) is 10.2. The summed E-state index contributed by atoms with van der Waals surface area (Å²) in [6.07, 6.45) is 7.30. The number of aromatic nitrogens is 2. The lowest BCUT2D eigenvalue weighted by molar-refractivity contribution is 0.253. The van der Waals surface area contributed by atoms with E-state index < -0.39 is 0 Å². The van der Waals surface area contributed by atoms with E-state index in [1.165, 1.54) is 23.1 Å². The van der Waals surface area contributed by atoms with Gasteiger partial charge in [0.2, 0.25) is 0 Å². The Kier molecular flexibility index (Phi) is 6.69. The molecule has 35 heavy (non-hydrogen) atoms. The number of pyridine rings is 1. The molecule has 1 fully saturated rings. The quantitative estimate of drug-likeness (QED) is 0.297. The van der Waals surface area contributed by atoms with Crippen LogP contribution in [-0.2, 0) is 6.42 Å². The molecule has 6 heteroatoms. The predicted molar refractivity (Wildman–Crippen MR) is 143 cm³/mol. The first-order chi connectivity index (χ1) is 17.1. The zero-order chi connectivity index (χ0) is 24.2. The Morgan fingerprint density at radius 3 is 2.46 bits per heavy atom. The van der Waals surface area contributed by atoms with Crippen molar-refractivity contribution in [2.24, 2.45) is 0 Å². The number of piperazine rings is 1. The summed E-state index contributed by atoms with van der Waals surface area (Å²) < 4.78 is 1.69. The van der Waals surface area contributed by atoms with Gasteiger partial charge in [-0.2, -0.15) is 0 Å². The van der Waals surface area contributed by atoms with Gasteiger partial charge < -0.3 is 9.88 Å². The van der Waals surface area contributed by atoms with Crippen LogP contribution >= 0.6 is 0 Å². The van der Waals surface area contributed by atoms with E-state index in [4.69, 9.17) is 6.57 Å². The van der Waals surface area contributed by atoms with E-state index in [1.54, 1.807) is 10.6 Å². The van der Waals surface area contributed by atoms with E-state index in [9.17, 15) is 4.79 Å². The molecule has 0 aliphatic carbocycles. The maximum atomic E-state index is 12.3. The fourth-order valence-electron chi connectivity index (χ4n) is 4.94. The first kappa shape index (κ1) is 22.9. The molecule has 0 unspecified atom stereocenters. The van der Waals surface area contributed by atoms with Gasteiger partial charge in [-0.1, -0.05) is 6.07 Å². The van der Waals surface area contributed by atoms with E-state index in [0.29, 0.717) is 5.69 Å². The molecule has 1 N–H and O–H groups in total. The number of anilines is 1. The third kappa shape index (κ3) is 5.16. The molecule has 1 aliphatic rings. The Balaban J connectivity index is 1.09. The van der Waals surface area contributed by atoms with Crippen molar-refractivity contribution >= 4 is 22.3 Å². The maximum absolute atomic E-state index is 12.3. The Hall–Kier alpha value is -3.82. The van der Waals surface area contributed by atoms with Crippen LogP contribution < -0.4 is 10.5 Å². The Morgan fingerprint density at radius 2 is 1.71 bits per heavy atom. The molecule has 1 saturated heterocycles. The van der Waals surface area contributed by atoms with Gasteiger partial charge in [-0.3, -0.25) is 14.3 Å². The molecule has 3 heterocycles. The number of hydrogen-bond donors (Lipinski definition) is 1. The van der Waals surface area contributed by atoms with Crippen LogP contribution in [0.1, 0.15) is 24.0 Å². The smallest absolute Gasteiger partial charge is 0.255 e. The summed E-state index contributed by atoms with van der Waals surface area (Å²) in [6, 6.07) is 17.8. The first-order valence-electron chi connectivity index (χ1n) is 12.4. The number of aryl methyl sites for hydroxylation is 2. The summed E-state index contributed by atoms with van der Waals surface area (Å²) in [5.74, 6) is 0. The van der Waals surface area contributed by atoms with E-state index in [2.05, 4.69) is 38.0 Å². The van der Waals surface area contributed by atoms with Crippen LogP contribution in [0.5, 0.6) is 0 Å². The van der Waals surface area contributed by atoms with Crippen molar-refractivity contribution in [2.45, 2.75) is 26.2 Å². The number of benzene rings is 2. The highest BCUT2D eigenvalue weighted by atomic mass is 16.1. The number of aromatic amines is 1. The topological polar surface area (TPSA) is 48.6 Å². The minimum Gasteiger partial charge on any atom is -0.369 e. The van der Waals surface area contributed by atoms with Crippen molar-refractivity contribution in [1.29, 1.82) is 0 Å². The van der Waals surface area contributed by atoms with Crippen molar-refractivity contribution in [3.63, 3.8) is 0 Å². The van der Waals surface area contributed by atoms with Gasteiger partial charge in [-0.05, 0) is 91.7 Å². The Bertz CT molecular complexity index is 1400. The van der Waals surface area contributed by atoms with Crippen molar-refractivity contribution in [3.05, 3.63) is 99.9 Å².